The van der Waals surface area contributed by atoms with Gasteiger partial charge in [-0.2, -0.15) is 0 Å². The molecule has 0 fully saturated rings. The smallest absolute Gasteiger partial charge is 0.253 e. The van der Waals surface area contributed by atoms with Crippen molar-refractivity contribution in [3.63, 3.8) is 0 Å². The first-order chi connectivity index (χ1) is 8.13. The normalized spacial score (nSPS) is 10.1. The summed E-state index contributed by atoms with van der Waals surface area (Å²) in [5.41, 5.74) is 1.74. The quantitative estimate of drug-likeness (QED) is 0.785. The van der Waals surface area contributed by atoms with Gasteiger partial charge < -0.3 is 9.64 Å². The Balaban J connectivity index is 2.93. The van der Waals surface area contributed by atoms with E-state index >= 15 is 0 Å². The Morgan fingerprint density at radius 1 is 1.24 bits per heavy atom. The van der Waals surface area contributed by atoms with E-state index in [0.29, 0.717) is 6.61 Å². The summed E-state index contributed by atoms with van der Waals surface area (Å²) in [7, 11) is 0. The zero-order valence-electron chi connectivity index (χ0n) is 11.1. The molecule has 0 aliphatic carbocycles. The van der Waals surface area contributed by atoms with Gasteiger partial charge in [0.25, 0.3) is 5.91 Å². The number of carbonyl (C=O) groups is 1. The number of ether oxygens (including phenoxy) is 1. The van der Waals surface area contributed by atoms with E-state index in [1.54, 1.807) is 0 Å². The molecule has 0 radical (unpaired) electrons. The Morgan fingerprint density at radius 2 is 1.88 bits per heavy atom. The lowest BCUT2D eigenvalue weighted by atomic mass is 10.1. The molecule has 0 N–H and O–H groups in total. The topological polar surface area (TPSA) is 29.5 Å². The van der Waals surface area contributed by atoms with Crippen molar-refractivity contribution >= 4 is 5.91 Å². The average Bonchev–Trinajstić information content (AvgIpc) is 2.33. The molecule has 0 heterocycles. The molecule has 0 saturated heterocycles. The fourth-order valence-corrected chi connectivity index (χ4v) is 1.79. The second-order valence-corrected chi connectivity index (χ2v) is 3.89. The highest BCUT2D eigenvalue weighted by Crippen LogP contribution is 2.20. The highest BCUT2D eigenvalue weighted by Gasteiger charge is 2.13. The third kappa shape index (κ3) is 3.22. The minimum atomic E-state index is 0.0844. The summed E-state index contributed by atoms with van der Waals surface area (Å²) in [6.07, 6.45) is 0. The van der Waals surface area contributed by atoms with Crippen LogP contribution in [-0.2, 0) is 0 Å². The van der Waals surface area contributed by atoms with Crippen molar-refractivity contribution in [2.45, 2.75) is 27.7 Å². The van der Waals surface area contributed by atoms with Crippen molar-refractivity contribution in [3.8, 4) is 5.75 Å². The number of hydrogen-bond acceptors (Lipinski definition) is 2. The standard InChI is InChI=1S/C14H21NO2/c1-5-15(6-2)14(16)12-8-9-13(17-7-3)11(4)10-12/h8-10H,5-7H2,1-4H3. The summed E-state index contributed by atoms with van der Waals surface area (Å²) in [4.78, 5) is 13.9. The molecule has 1 amide bonds. The third-order valence-corrected chi connectivity index (χ3v) is 2.77. The lowest BCUT2D eigenvalue weighted by molar-refractivity contribution is 0.0773. The summed E-state index contributed by atoms with van der Waals surface area (Å²) >= 11 is 0. The van der Waals surface area contributed by atoms with Gasteiger partial charge in [0.1, 0.15) is 5.75 Å². The summed E-state index contributed by atoms with van der Waals surface area (Å²) in [6.45, 7) is 10.0. The SMILES string of the molecule is CCOc1ccc(C(=O)N(CC)CC)cc1C. The Bertz CT molecular complexity index is 384. The van der Waals surface area contributed by atoms with Gasteiger partial charge in [-0.3, -0.25) is 4.79 Å². The van der Waals surface area contributed by atoms with Crippen LogP contribution in [0.5, 0.6) is 5.75 Å². The van der Waals surface area contributed by atoms with Crippen molar-refractivity contribution in [1.82, 2.24) is 4.90 Å². The molecule has 94 valence electrons. The van der Waals surface area contributed by atoms with Crippen molar-refractivity contribution < 1.29 is 9.53 Å². The van der Waals surface area contributed by atoms with Crippen LogP contribution in [0.15, 0.2) is 18.2 Å². The molecular formula is C14H21NO2. The van der Waals surface area contributed by atoms with E-state index in [1.807, 2.05) is 50.8 Å². The maximum Gasteiger partial charge on any atom is 0.253 e. The Hall–Kier alpha value is -1.51. The van der Waals surface area contributed by atoms with Crippen LogP contribution in [0.3, 0.4) is 0 Å². The zero-order chi connectivity index (χ0) is 12.8. The van der Waals surface area contributed by atoms with Crippen molar-refractivity contribution in [2.75, 3.05) is 19.7 Å². The van der Waals surface area contributed by atoms with Crippen LogP contribution in [0.4, 0.5) is 0 Å². The number of benzene rings is 1. The van der Waals surface area contributed by atoms with Gasteiger partial charge >= 0.3 is 0 Å². The van der Waals surface area contributed by atoms with E-state index in [-0.39, 0.29) is 5.91 Å². The summed E-state index contributed by atoms with van der Waals surface area (Å²) in [5, 5.41) is 0. The Labute approximate surface area is 103 Å². The zero-order valence-corrected chi connectivity index (χ0v) is 11.1. The molecule has 0 aliphatic heterocycles. The first kappa shape index (κ1) is 13.6. The maximum atomic E-state index is 12.1. The molecule has 0 unspecified atom stereocenters. The van der Waals surface area contributed by atoms with Crippen LogP contribution in [0.25, 0.3) is 0 Å². The number of rotatable bonds is 5. The van der Waals surface area contributed by atoms with Gasteiger partial charge in [0.05, 0.1) is 6.61 Å². The predicted molar refractivity (Wildman–Crippen MR) is 69.6 cm³/mol. The van der Waals surface area contributed by atoms with E-state index in [2.05, 4.69) is 0 Å². The molecule has 1 rings (SSSR count). The number of aryl methyl sites for hydroxylation is 1. The van der Waals surface area contributed by atoms with Crippen LogP contribution >= 0.6 is 0 Å². The summed E-state index contributed by atoms with van der Waals surface area (Å²) in [6, 6.07) is 5.60. The van der Waals surface area contributed by atoms with Crippen molar-refractivity contribution in [1.29, 1.82) is 0 Å². The van der Waals surface area contributed by atoms with Gasteiger partial charge in [0, 0.05) is 18.7 Å². The molecule has 0 saturated carbocycles. The first-order valence-corrected chi connectivity index (χ1v) is 6.16. The van der Waals surface area contributed by atoms with Gasteiger partial charge in [0.15, 0.2) is 0 Å². The van der Waals surface area contributed by atoms with Gasteiger partial charge in [-0.05, 0) is 51.5 Å². The molecule has 0 atom stereocenters. The first-order valence-electron chi connectivity index (χ1n) is 6.16. The fraction of sp³-hybridized carbons (Fsp3) is 0.500. The van der Waals surface area contributed by atoms with E-state index in [0.717, 1.165) is 30.0 Å². The van der Waals surface area contributed by atoms with Crippen LogP contribution in [0.2, 0.25) is 0 Å². The van der Waals surface area contributed by atoms with Crippen LogP contribution in [0, 0.1) is 6.92 Å². The molecule has 0 aliphatic rings. The number of amides is 1. The van der Waals surface area contributed by atoms with Crippen molar-refractivity contribution in [2.24, 2.45) is 0 Å². The van der Waals surface area contributed by atoms with Gasteiger partial charge in [-0.25, -0.2) is 0 Å². The number of carbonyl (C=O) groups excluding carboxylic acids is 1. The Kier molecular flexibility index (Phi) is 5.01. The number of hydrogen-bond donors (Lipinski definition) is 0. The Morgan fingerprint density at radius 3 is 2.35 bits per heavy atom. The maximum absolute atomic E-state index is 12.1. The molecule has 0 bridgehead atoms. The van der Waals surface area contributed by atoms with Crippen LogP contribution < -0.4 is 4.74 Å². The van der Waals surface area contributed by atoms with Gasteiger partial charge in [-0.1, -0.05) is 0 Å². The highest BCUT2D eigenvalue weighted by atomic mass is 16.5. The van der Waals surface area contributed by atoms with Crippen LogP contribution in [0.1, 0.15) is 36.7 Å². The average molecular weight is 235 g/mol. The van der Waals surface area contributed by atoms with Crippen LogP contribution in [-0.4, -0.2) is 30.5 Å². The number of nitrogens with zero attached hydrogens (tertiary/aromatic N) is 1. The van der Waals surface area contributed by atoms with E-state index in [1.165, 1.54) is 0 Å². The summed E-state index contributed by atoms with van der Waals surface area (Å²) in [5.74, 6) is 0.935. The van der Waals surface area contributed by atoms with Gasteiger partial charge in [-0.15, -0.1) is 0 Å². The second kappa shape index (κ2) is 6.28. The largest absolute Gasteiger partial charge is 0.494 e. The van der Waals surface area contributed by atoms with E-state index < -0.39 is 0 Å². The second-order valence-electron chi connectivity index (χ2n) is 3.89. The molecular weight excluding hydrogens is 214 g/mol. The molecule has 0 aromatic heterocycles. The lowest BCUT2D eigenvalue weighted by Gasteiger charge is -2.19. The highest BCUT2D eigenvalue weighted by molar-refractivity contribution is 5.94. The molecule has 17 heavy (non-hydrogen) atoms. The van der Waals surface area contributed by atoms with E-state index in [4.69, 9.17) is 4.74 Å². The predicted octanol–water partition coefficient (Wildman–Crippen LogP) is 2.88. The molecule has 0 spiro atoms. The molecule has 3 nitrogen and oxygen atoms in total. The molecule has 3 heteroatoms. The minimum absolute atomic E-state index is 0.0844. The molecule has 1 aromatic rings. The third-order valence-electron chi connectivity index (χ3n) is 2.77. The monoisotopic (exact) mass is 235 g/mol. The van der Waals surface area contributed by atoms with Crippen molar-refractivity contribution in [3.05, 3.63) is 29.3 Å². The summed E-state index contributed by atoms with van der Waals surface area (Å²) < 4.78 is 5.46. The minimum Gasteiger partial charge on any atom is -0.494 e. The van der Waals surface area contributed by atoms with E-state index in [9.17, 15) is 4.79 Å². The van der Waals surface area contributed by atoms with Gasteiger partial charge in [0.2, 0.25) is 0 Å². The molecule has 1 aromatic carbocycles. The lowest BCUT2D eigenvalue weighted by Crippen LogP contribution is -2.30. The fourth-order valence-electron chi connectivity index (χ4n) is 1.79.